The Morgan fingerprint density at radius 2 is 2.17 bits per heavy atom. The van der Waals surface area contributed by atoms with Crippen molar-refractivity contribution in [1.29, 1.82) is 0 Å². The number of amides is 1. The van der Waals surface area contributed by atoms with Gasteiger partial charge in [0, 0.05) is 12.5 Å². The van der Waals surface area contributed by atoms with Crippen LogP contribution in [-0.2, 0) is 11.0 Å². The summed E-state index contributed by atoms with van der Waals surface area (Å²) in [5.41, 5.74) is 4.81. The molecule has 7 heteroatoms. The highest BCUT2D eigenvalue weighted by molar-refractivity contribution is 5.90. The molecule has 0 aliphatic carbocycles. The lowest BCUT2D eigenvalue weighted by molar-refractivity contribution is -0.141. The van der Waals surface area contributed by atoms with E-state index in [1.807, 2.05) is 6.92 Å². The van der Waals surface area contributed by atoms with Gasteiger partial charge in [-0.15, -0.1) is 0 Å². The van der Waals surface area contributed by atoms with Crippen LogP contribution in [0.25, 0.3) is 0 Å². The van der Waals surface area contributed by atoms with Gasteiger partial charge in [0.2, 0.25) is 5.91 Å². The van der Waals surface area contributed by atoms with Gasteiger partial charge >= 0.3 is 6.18 Å². The number of rotatable bonds is 4. The lowest BCUT2D eigenvalue weighted by Gasteiger charge is -2.10. The van der Waals surface area contributed by atoms with E-state index in [1.165, 1.54) is 0 Å². The standard InChI is InChI=1S/C11H14F3N3O/c1-2-7(15)5-10(18)17-8-3-4-9(16-6-8)11(12,13)14/h3-4,6-7H,2,5,15H2,1H3,(H,17,18). The number of alkyl halides is 3. The molecular weight excluding hydrogens is 247 g/mol. The normalized spacial score (nSPS) is 13.2. The van der Waals surface area contributed by atoms with Crippen molar-refractivity contribution in [3.63, 3.8) is 0 Å². The molecule has 1 unspecified atom stereocenters. The van der Waals surface area contributed by atoms with Crippen LogP contribution in [0, 0.1) is 0 Å². The number of nitrogens with one attached hydrogen (secondary N) is 1. The maximum atomic E-state index is 12.2. The second kappa shape index (κ2) is 5.81. The number of nitrogens with two attached hydrogens (primary N) is 1. The molecule has 1 rings (SSSR count). The highest BCUT2D eigenvalue weighted by Crippen LogP contribution is 2.27. The molecule has 0 aromatic carbocycles. The number of pyridine rings is 1. The molecule has 0 saturated carbocycles. The van der Waals surface area contributed by atoms with E-state index in [2.05, 4.69) is 10.3 Å². The SMILES string of the molecule is CCC(N)CC(=O)Nc1ccc(C(F)(F)F)nc1. The van der Waals surface area contributed by atoms with E-state index in [9.17, 15) is 18.0 Å². The van der Waals surface area contributed by atoms with Crippen LogP contribution >= 0.6 is 0 Å². The van der Waals surface area contributed by atoms with Crippen LogP contribution in [0.5, 0.6) is 0 Å². The third-order valence-corrected chi connectivity index (χ3v) is 2.31. The maximum Gasteiger partial charge on any atom is 0.433 e. The predicted octanol–water partition coefficient (Wildman–Crippen LogP) is 2.17. The molecule has 4 nitrogen and oxygen atoms in total. The summed E-state index contributed by atoms with van der Waals surface area (Å²) in [7, 11) is 0. The number of halogens is 3. The summed E-state index contributed by atoms with van der Waals surface area (Å²) >= 11 is 0. The zero-order valence-corrected chi connectivity index (χ0v) is 9.79. The van der Waals surface area contributed by atoms with Crippen LogP contribution in [0.2, 0.25) is 0 Å². The van der Waals surface area contributed by atoms with Crippen LogP contribution in [0.1, 0.15) is 25.5 Å². The van der Waals surface area contributed by atoms with Crippen molar-refractivity contribution in [3.8, 4) is 0 Å². The van der Waals surface area contributed by atoms with E-state index in [-0.39, 0.29) is 24.1 Å². The minimum Gasteiger partial charge on any atom is -0.327 e. The fourth-order valence-electron chi connectivity index (χ4n) is 1.23. The minimum absolute atomic E-state index is 0.123. The number of carbonyl (C=O) groups excluding carboxylic acids is 1. The van der Waals surface area contributed by atoms with Crippen LogP contribution in [0.4, 0.5) is 18.9 Å². The van der Waals surface area contributed by atoms with Gasteiger partial charge in [0.15, 0.2) is 0 Å². The number of anilines is 1. The smallest absolute Gasteiger partial charge is 0.327 e. The van der Waals surface area contributed by atoms with E-state index in [4.69, 9.17) is 5.73 Å². The monoisotopic (exact) mass is 261 g/mol. The van der Waals surface area contributed by atoms with E-state index in [0.717, 1.165) is 18.3 Å². The first-order valence-corrected chi connectivity index (χ1v) is 5.41. The summed E-state index contributed by atoms with van der Waals surface area (Å²) in [4.78, 5) is 14.7. The minimum atomic E-state index is -4.48. The van der Waals surface area contributed by atoms with Gasteiger partial charge in [0.1, 0.15) is 5.69 Å². The number of hydrogen-bond acceptors (Lipinski definition) is 3. The summed E-state index contributed by atoms with van der Waals surface area (Å²) in [5, 5.41) is 2.44. The summed E-state index contributed by atoms with van der Waals surface area (Å²) < 4.78 is 36.7. The summed E-state index contributed by atoms with van der Waals surface area (Å²) in [5.74, 6) is -0.342. The molecule has 1 heterocycles. The Bertz CT molecular complexity index is 403. The third kappa shape index (κ3) is 4.33. The summed E-state index contributed by atoms with van der Waals surface area (Å²) in [6, 6.07) is 1.72. The topological polar surface area (TPSA) is 68.0 Å². The Hall–Kier alpha value is -1.63. The lowest BCUT2D eigenvalue weighted by Crippen LogP contribution is -2.26. The van der Waals surface area contributed by atoms with Crippen LogP contribution < -0.4 is 11.1 Å². The van der Waals surface area contributed by atoms with Crippen molar-refractivity contribution in [3.05, 3.63) is 24.0 Å². The quantitative estimate of drug-likeness (QED) is 0.872. The number of nitrogens with zero attached hydrogens (tertiary/aromatic N) is 1. The van der Waals surface area contributed by atoms with E-state index >= 15 is 0 Å². The molecule has 0 aliphatic heterocycles. The molecular formula is C11H14F3N3O. The Labute approximate surface area is 102 Å². The lowest BCUT2D eigenvalue weighted by atomic mass is 10.1. The highest BCUT2D eigenvalue weighted by atomic mass is 19.4. The molecule has 18 heavy (non-hydrogen) atoms. The first-order chi connectivity index (χ1) is 8.32. The largest absolute Gasteiger partial charge is 0.433 e. The number of hydrogen-bond donors (Lipinski definition) is 2. The van der Waals surface area contributed by atoms with Crippen molar-refractivity contribution in [1.82, 2.24) is 4.98 Å². The molecule has 100 valence electrons. The fourth-order valence-corrected chi connectivity index (χ4v) is 1.23. The van der Waals surface area contributed by atoms with E-state index in [0.29, 0.717) is 6.42 Å². The highest BCUT2D eigenvalue weighted by Gasteiger charge is 2.32. The summed E-state index contributed by atoms with van der Waals surface area (Å²) in [6.07, 6.45) is -2.73. The molecule has 3 N–H and O–H groups in total. The van der Waals surface area contributed by atoms with Gasteiger partial charge in [-0.3, -0.25) is 4.79 Å². The van der Waals surface area contributed by atoms with Gasteiger partial charge in [0.25, 0.3) is 0 Å². The van der Waals surface area contributed by atoms with Gasteiger partial charge in [-0.25, -0.2) is 4.98 Å². The van der Waals surface area contributed by atoms with Crippen molar-refractivity contribution in [2.75, 3.05) is 5.32 Å². The van der Waals surface area contributed by atoms with Gasteiger partial charge < -0.3 is 11.1 Å². The first kappa shape index (κ1) is 14.4. The predicted molar refractivity (Wildman–Crippen MR) is 60.8 cm³/mol. The Morgan fingerprint density at radius 1 is 1.50 bits per heavy atom. The number of carbonyl (C=O) groups is 1. The summed E-state index contributed by atoms with van der Waals surface area (Å²) in [6.45, 7) is 1.84. The molecule has 0 radical (unpaired) electrons. The van der Waals surface area contributed by atoms with Crippen LogP contribution in [-0.4, -0.2) is 16.9 Å². The second-order valence-electron chi connectivity index (χ2n) is 3.85. The molecule has 0 spiro atoms. The van der Waals surface area contributed by atoms with Crippen molar-refractivity contribution in [2.24, 2.45) is 5.73 Å². The third-order valence-electron chi connectivity index (χ3n) is 2.31. The van der Waals surface area contributed by atoms with Crippen LogP contribution in [0.15, 0.2) is 18.3 Å². The fraction of sp³-hybridized carbons (Fsp3) is 0.455. The Kier molecular flexibility index (Phi) is 4.66. The zero-order valence-electron chi connectivity index (χ0n) is 9.79. The van der Waals surface area contributed by atoms with Gasteiger partial charge in [-0.1, -0.05) is 6.92 Å². The molecule has 0 bridgehead atoms. The van der Waals surface area contributed by atoms with E-state index < -0.39 is 11.9 Å². The Balaban J connectivity index is 2.61. The van der Waals surface area contributed by atoms with Crippen molar-refractivity contribution >= 4 is 11.6 Å². The molecule has 0 fully saturated rings. The molecule has 0 saturated heterocycles. The molecule has 0 aliphatic rings. The maximum absolute atomic E-state index is 12.2. The van der Waals surface area contributed by atoms with Crippen LogP contribution in [0.3, 0.4) is 0 Å². The first-order valence-electron chi connectivity index (χ1n) is 5.41. The van der Waals surface area contributed by atoms with E-state index in [1.54, 1.807) is 0 Å². The molecule has 1 aromatic heterocycles. The Morgan fingerprint density at radius 3 is 2.61 bits per heavy atom. The van der Waals surface area contributed by atoms with Gasteiger partial charge in [-0.2, -0.15) is 13.2 Å². The molecule has 1 aromatic rings. The zero-order chi connectivity index (χ0) is 13.8. The average Bonchev–Trinajstić information content (AvgIpc) is 2.28. The van der Waals surface area contributed by atoms with Crippen molar-refractivity contribution < 1.29 is 18.0 Å². The van der Waals surface area contributed by atoms with Gasteiger partial charge in [0.05, 0.1) is 11.9 Å². The van der Waals surface area contributed by atoms with Gasteiger partial charge in [-0.05, 0) is 18.6 Å². The van der Waals surface area contributed by atoms with Crippen molar-refractivity contribution in [2.45, 2.75) is 32.0 Å². The molecule has 1 atom stereocenters. The average molecular weight is 261 g/mol. The second-order valence-corrected chi connectivity index (χ2v) is 3.85. The number of aromatic nitrogens is 1. The molecule has 1 amide bonds.